The van der Waals surface area contributed by atoms with E-state index in [9.17, 15) is 0 Å². The minimum absolute atomic E-state index is 0.841. The number of methoxy groups -OCH3 is 1. The van der Waals surface area contributed by atoms with Gasteiger partial charge in [-0.25, -0.2) is 0 Å². The maximum atomic E-state index is 5.45. The Hall–Kier alpha value is 0.137. The van der Waals surface area contributed by atoms with Crippen molar-refractivity contribution in [1.82, 2.24) is 0 Å². The van der Waals surface area contributed by atoms with E-state index < -0.39 is 9.04 Å². The highest BCUT2D eigenvalue weighted by Gasteiger charge is 2.05. The Balaban J connectivity index is 3.18. The van der Waals surface area contributed by atoms with E-state index in [1.165, 1.54) is 6.04 Å². The van der Waals surface area contributed by atoms with Gasteiger partial charge in [-0.2, -0.15) is 0 Å². The predicted molar refractivity (Wildman–Crippen MR) is 41.1 cm³/mol. The predicted octanol–water partition coefficient (Wildman–Crippen LogP) is 0.952. The van der Waals surface area contributed by atoms with E-state index in [0.29, 0.717) is 0 Å². The molecule has 1 unspecified atom stereocenters. The lowest BCUT2D eigenvalue weighted by molar-refractivity contribution is 0.220. The van der Waals surface area contributed by atoms with E-state index in [1.54, 1.807) is 7.11 Å². The maximum Gasteiger partial charge on any atom is 0.201 e. The molecule has 0 fully saturated rings. The summed E-state index contributed by atoms with van der Waals surface area (Å²) >= 11 is 0. The zero-order valence-electron chi connectivity index (χ0n) is 6.52. The quantitative estimate of drug-likeness (QED) is 0.540. The number of hydrogen-bond acceptors (Lipinski definition) is 2. The molecule has 0 N–H and O–H groups in total. The second kappa shape index (κ2) is 6.26. The lowest BCUT2D eigenvalue weighted by Crippen LogP contribution is -2.23. The Labute approximate surface area is 58.9 Å². The Morgan fingerprint density at radius 2 is 2.00 bits per heavy atom. The molecule has 0 amide bonds. The molecule has 2 nitrogen and oxygen atoms in total. The molecule has 0 saturated heterocycles. The first kappa shape index (κ1) is 9.14. The smallest absolute Gasteiger partial charge is 0.201 e. The fourth-order valence-electron chi connectivity index (χ4n) is 0.705. The van der Waals surface area contributed by atoms with Gasteiger partial charge in [0.05, 0.1) is 6.23 Å². The van der Waals surface area contributed by atoms with Crippen LogP contribution < -0.4 is 0 Å². The molecule has 0 aliphatic heterocycles. The van der Waals surface area contributed by atoms with Crippen LogP contribution in [0.1, 0.15) is 13.8 Å². The van der Waals surface area contributed by atoms with Gasteiger partial charge in [-0.15, -0.1) is 0 Å². The van der Waals surface area contributed by atoms with Crippen LogP contribution in [0.2, 0.25) is 6.04 Å². The van der Waals surface area contributed by atoms with E-state index in [-0.39, 0.29) is 0 Å². The van der Waals surface area contributed by atoms with Gasteiger partial charge in [0.2, 0.25) is 9.04 Å². The van der Waals surface area contributed by atoms with E-state index >= 15 is 0 Å². The Bertz CT molecular complexity index is 53.0. The largest absolute Gasteiger partial charge is 0.418 e. The standard InChI is InChI=1S/C6H16O2Si/c1-4-8-9(5-2)6-7-3/h9H,4-6H2,1-3H3. The van der Waals surface area contributed by atoms with Gasteiger partial charge in [-0.1, -0.05) is 6.92 Å². The first-order chi connectivity index (χ1) is 4.35. The molecule has 0 rings (SSSR count). The van der Waals surface area contributed by atoms with Gasteiger partial charge in [0.15, 0.2) is 0 Å². The minimum Gasteiger partial charge on any atom is -0.418 e. The van der Waals surface area contributed by atoms with Gasteiger partial charge >= 0.3 is 0 Å². The molecule has 0 bridgehead atoms. The van der Waals surface area contributed by atoms with E-state index in [2.05, 4.69) is 6.92 Å². The third-order valence-electron chi connectivity index (χ3n) is 1.21. The zero-order chi connectivity index (χ0) is 7.11. The maximum absolute atomic E-state index is 5.45. The topological polar surface area (TPSA) is 18.5 Å². The molecule has 0 radical (unpaired) electrons. The Morgan fingerprint density at radius 1 is 1.33 bits per heavy atom. The zero-order valence-corrected chi connectivity index (χ0v) is 7.67. The number of hydrogen-bond donors (Lipinski definition) is 0. The van der Waals surface area contributed by atoms with Crippen LogP contribution in [0, 0.1) is 0 Å². The first-order valence-corrected chi connectivity index (χ1v) is 5.56. The molecule has 3 heteroatoms. The summed E-state index contributed by atoms with van der Waals surface area (Å²) in [6.45, 7) is 5.03. The fraction of sp³-hybridized carbons (Fsp3) is 1.00. The normalized spacial score (nSPS) is 13.7. The van der Waals surface area contributed by atoms with Crippen LogP contribution in [-0.4, -0.2) is 29.0 Å². The molecule has 0 aliphatic carbocycles. The van der Waals surface area contributed by atoms with Crippen molar-refractivity contribution in [2.24, 2.45) is 0 Å². The summed E-state index contributed by atoms with van der Waals surface area (Å²) < 4.78 is 10.4. The highest BCUT2D eigenvalue weighted by molar-refractivity contribution is 6.51. The van der Waals surface area contributed by atoms with E-state index in [0.717, 1.165) is 12.8 Å². The molecule has 0 saturated carbocycles. The number of rotatable bonds is 5. The van der Waals surface area contributed by atoms with Crippen molar-refractivity contribution in [2.45, 2.75) is 19.9 Å². The Morgan fingerprint density at radius 3 is 2.33 bits per heavy atom. The van der Waals surface area contributed by atoms with Gasteiger partial charge in [-0.05, 0) is 13.0 Å². The lowest BCUT2D eigenvalue weighted by atomic mass is 10.9. The van der Waals surface area contributed by atoms with Crippen LogP contribution in [-0.2, 0) is 9.16 Å². The average molecular weight is 148 g/mol. The molecule has 0 spiro atoms. The summed E-state index contributed by atoms with van der Waals surface area (Å²) in [5, 5.41) is 0. The molecule has 0 aliphatic rings. The molecule has 0 aromatic carbocycles. The molecule has 0 aromatic rings. The second-order valence-electron chi connectivity index (χ2n) is 1.94. The molecular formula is C6H16O2Si. The molecule has 0 heterocycles. The highest BCUT2D eigenvalue weighted by atomic mass is 28.3. The van der Waals surface area contributed by atoms with Crippen LogP contribution in [0.25, 0.3) is 0 Å². The van der Waals surface area contributed by atoms with E-state index in [1.807, 2.05) is 6.92 Å². The van der Waals surface area contributed by atoms with Gasteiger partial charge in [0.25, 0.3) is 0 Å². The SMILES string of the molecule is CCO[SiH](CC)COC. The Kier molecular flexibility index (Phi) is 6.35. The van der Waals surface area contributed by atoms with E-state index in [4.69, 9.17) is 9.16 Å². The van der Waals surface area contributed by atoms with Gasteiger partial charge in [-0.3, -0.25) is 0 Å². The summed E-state index contributed by atoms with van der Waals surface area (Å²) in [5.74, 6) is 0. The first-order valence-electron chi connectivity index (χ1n) is 3.45. The van der Waals surface area contributed by atoms with Crippen LogP contribution >= 0.6 is 0 Å². The summed E-state index contributed by atoms with van der Waals surface area (Å²) in [7, 11) is 0.796. The van der Waals surface area contributed by atoms with Crippen molar-refractivity contribution < 1.29 is 9.16 Å². The van der Waals surface area contributed by atoms with Crippen LogP contribution in [0.3, 0.4) is 0 Å². The molecule has 0 aromatic heterocycles. The third-order valence-corrected chi connectivity index (χ3v) is 3.63. The summed E-state index contributed by atoms with van der Waals surface area (Å²) in [5.41, 5.74) is 0. The van der Waals surface area contributed by atoms with Crippen molar-refractivity contribution in [1.29, 1.82) is 0 Å². The van der Waals surface area contributed by atoms with Crippen molar-refractivity contribution in [3.8, 4) is 0 Å². The lowest BCUT2D eigenvalue weighted by Gasteiger charge is -2.10. The van der Waals surface area contributed by atoms with Crippen molar-refractivity contribution >= 4 is 9.04 Å². The highest BCUT2D eigenvalue weighted by Crippen LogP contribution is 1.92. The van der Waals surface area contributed by atoms with Crippen molar-refractivity contribution in [2.75, 3.05) is 19.9 Å². The summed E-state index contributed by atoms with van der Waals surface area (Å²) in [4.78, 5) is 0. The van der Waals surface area contributed by atoms with Crippen LogP contribution in [0.5, 0.6) is 0 Å². The molecule has 56 valence electrons. The summed E-state index contributed by atoms with van der Waals surface area (Å²) in [6.07, 6.45) is 0.852. The average Bonchev–Trinajstić information content (AvgIpc) is 1.88. The van der Waals surface area contributed by atoms with Gasteiger partial charge < -0.3 is 9.16 Å². The number of ether oxygens (including phenoxy) is 1. The summed E-state index contributed by atoms with van der Waals surface area (Å²) in [6, 6.07) is 1.17. The monoisotopic (exact) mass is 148 g/mol. The second-order valence-corrected chi connectivity index (χ2v) is 4.67. The minimum atomic E-state index is -0.935. The van der Waals surface area contributed by atoms with Crippen LogP contribution in [0.4, 0.5) is 0 Å². The van der Waals surface area contributed by atoms with Crippen molar-refractivity contribution in [3.05, 3.63) is 0 Å². The van der Waals surface area contributed by atoms with Crippen molar-refractivity contribution in [3.63, 3.8) is 0 Å². The molecular weight excluding hydrogens is 132 g/mol. The van der Waals surface area contributed by atoms with Crippen LogP contribution in [0.15, 0.2) is 0 Å². The molecule has 9 heavy (non-hydrogen) atoms. The third kappa shape index (κ3) is 4.63. The fourth-order valence-corrected chi connectivity index (χ4v) is 2.12. The van der Waals surface area contributed by atoms with Gasteiger partial charge in [0, 0.05) is 13.7 Å². The van der Waals surface area contributed by atoms with Gasteiger partial charge in [0.1, 0.15) is 0 Å². The molecule has 1 atom stereocenters.